The van der Waals surface area contributed by atoms with Crippen molar-refractivity contribution in [3.05, 3.63) is 30.1 Å². The van der Waals surface area contributed by atoms with Gasteiger partial charge in [-0.3, -0.25) is 4.79 Å². The number of nitrogens with zero attached hydrogens (tertiary/aromatic N) is 1. The molecule has 0 unspecified atom stereocenters. The van der Waals surface area contributed by atoms with Gasteiger partial charge in [-0.1, -0.05) is 25.5 Å². The molecule has 1 amide bonds. The SMILES string of the molecule is CCCCSCC(=O)NCc1nc2ccccc2[nH]1. The number of imidazole rings is 1. The molecule has 0 fully saturated rings. The number of hydrogen-bond donors (Lipinski definition) is 2. The highest BCUT2D eigenvalue weighted by Crippen LogP contribution is 2.10. The zero-order chi connectivity index (χ0) is 13.5. The molecule has 2 N–H and O–H groups in total. The Bertz CT molecular complexity index is 505. The van der Waals surface area contributed by atoms with E-state index < -0.39 is 0 Å². The van der Waals surface area contributed by atoms with Crippen LogP contribution in [0.15, 0.2) is 24.3 Å². The molecule has 2 rings (SSSR count). The molecular weight excluding hydrogens is 258 g/mol. The van der Waals surface area contributed by atoms with Gasteiger partial charge >= 0.3 is 0 Å². The number of rotatable bonds is 7. The molecule has 0 aliphatic rings. The molecule has 0 bridgehead atoms. The predicted molar refractivity (Wildman–Crippen MR) is 80.2 cm³/mol. The summed E-state index contributed by atoms with van der Waals surface area (Å²) in [5, 5.41) is 2.88. The van der Waals surface area contributed by atoms with Gasteiger partial charge in [-0.05, 0) is 24.3 Å². The fourth-order valence-corrected chi connectivity index (χ4v) is 2.66. The van der Waals surface area contributed by atoms with Crippen LogP contribution in [0.4, 0.5) is 0 Å². The maximum Gasteiger partial charge on any atom is 0.230 e. The number of carbonyl (C=O) groups is 1. The summed E-state index contributed by atoms with van der Waals surface area (Å²) in [4.78, 5) is 19.2. The minimum absolute atomic E-state index is 0.0709. The minimum atomic E-state index is 0.0709. The molecule has 0 atom stereocenters. The van der Waals surface area contributed by atoms with Gasteiger partial charge in [0.1, 0.15) is 5.82 Å². The molecule has 5 heteroatoms. The van der Waals surface area contributed by atoms with Crippen LogP contribution in [0.1, 0.15) is 25.6 Å². The van der Waals surface area contributed by atoms with Crippen LogP contribution in [-0.2, 0) is 11.3 Å². The molecule has 102 valence electrons. The molecule has 19 heavy (non-hydrogen) atoms. The van der Waals surface area contributed by atoms with Crippen LogP contribution in [0.5, 0.6) is 0 Å². The molecule has 0 aliphatic heterocycles. The lowest BCUT2D eigenvalue weighted by Crippen LogP contribution is -2.25. The number of unbranched alkanes of at least 4 members (excludes halogenated alkanes) is 1. The van der Waals surface area contributed by atoms with Crippen LogP contribution >= 0.6 is 11.8 Å². The molecule has 1 aromatic carbocycles. The van der Waals surface area contributed by atoms with Gasteiger partial charge in [0.15, 0.2) is 0 Å². The summed E-state index contributed by atoms with van der Waals surface area (Å²) >= 11 is 1.68. The van der Waals surface area contributed by atoms with Crippen molar-refractivity contribution in [1.29, 1.82) is 0 Å². The van der Waals surface area contributed by atoms with Crippen molar-refractivity contribution < 1.29 is 4.79 Å². The molecule has 0 aliphatic carbocycles. The summed E-state index contributed by atoms with van der Waals surface area (Å²) in [5.41, 5.74) is 1.94. The highest BCUT2D eigenvalue weighted by Gasteiger charge is 2.04. The third-order valence-electron chi connectivity index (χ3n) is 2.77. The Kier molecular flexibility index (Phi) is 5.27. The van der Waals surface area contributed by atoms with Crippen LogP contribution in [0, 0.1) is 0 Å². The Hall–Kier alpha value is -1.49. The molecule has 4 nitrogen and oxygen atoms in total. The maximum absolute atomic E-state index is 11.6. The van der Waals surface area contributed by atoms with Crippen molar-refractivity contribution >= 4 is 28.7 Å². The smallest absolute Gasteiger partial charge is 0.230 e. The van der Waals surface area contributed by atoms with E-state index in [2.05, 4.69) is 22.2 Å². The van der Waals surface area contributed by atoms with E-state index in [1.54, 1.807) is 11.8 Å². The van der Waals surface area contributed by atoms with E-state index in [-0.39, 0.29) is 5.91 Å². The normalized spacial score (nSPS) is 10.8. The third kappa shape index (κ3) is 4.28. The average Bonchev–Trinajstić information content (AvgIpc) is 2.84. The summed E-state index contributed by atoms with van der Waals surface area (Å²) in [6.07, 6.45) is 2.34. The van der Waals surface area contributed by atoms with Crippen LogP contribution in [0.25, 0.3) is 11.0 Å². The Balaban J connectivity index is 1.77. The largest absolute Gasteiger partial charge is 0.348 e. The second-order valence-electron chi connectivity index (χ2n) is 4.38. The quantitative estimate of drug-likeness (QED) is 0.765. The highest BCUT2D eigenvalue weighted by molar-refractivity contribution is 7.99. The Labute approximate surface area is 117 Å². The minimum Gasteiger partial charge on any atom is -0.348 e. The van der Waals surface area contributed by atoms with Gasteiger partial charge < -0.3 is 10.3 Å². The fraction of sp³-hybridized carbons (Fsp3) is 0.429. The van der Waals surface area contributed by atoms with E-state index in [4.69, 9.17) is 0 Å². The zero-order valence-corrected chi connectivity index (χ0v) is 11.9. The highest BCUT2D eigenvalue weighted by atomic mass is 32.2. The van der Waals surface area contributed by atoms with Gasteiger partial charge in [0, 0.05) is 0 Å². The monoisotopic (exact) mass is 277 g/mol. The maximum atomic E-state index is 11.6. The number of H-pyrrole nitrogens is 1. The first-order chi connectivity index (χ1) is 9.29. The number of hydrogen-bond acceptors (Lipinski definition) is 3. The van der Waals surface area contributed by atoms with Gasteiger partial charge in [-0.25, -0.2) is 4.98 Å². The van der Waals surface area contributed by atoms with E-state index in [0.29, 0.717) is 12.3 Å². The lowest BCUT2D eigenvalue weighted by atomic mass is 10.3. The van der Waals surface area contributed by atoms with Crippen LogP contribution < -0.4 is 5.32 Å². The number of benzene rings is 1. The summed E-state index contributed by atoms with van der Waals surface area (Å²) in [5.74, 6) is 2.45. The van der Waals surface area contributed by atoms with Crippen molar-refractivity contribution in [2.75, 3.05) is 11.5 Å². The van der Waals surface area contributed by atoms with E-state index in [1.165, 1.54) is 12.8 Å². The summed E-state index contributed by atoms with van der Waals surface area (Å²) in [6.45, 7) is 2.62. The molecule has 0 saturated heterocycles. The first kappa shape index (κ1) is 13.9. The van der Waals surface area contributed by atoms with Crippen molar-refractivity contribution in [3.8, 4) is 0 Å². The molecule has 0 radical (unpaired) electrons. The van der Waals surface area contributed by atoms with Gasteiger partial charge in [0.2, 0.25) is 5.91 Å². The number of carbonyl (C=O) groups excluding carboxylic acids is 1. The van der Waals surface area contributed by atoms with E-state index >= 15 is 0 Å². The van der Waals surface area contributed by atoms with Crippen molar-refractivity contribution in [2.45, 2.75) is 26.3 Å². The van der Waals surface area contributed by atoms with Crippen molar-refractivity contribution in [1.82, 2.24) is 15.3 Å². The zero-order valence-electron chi connectivity index (χ0n) is 11.1. The first-order valence-electron chi connectivity index (χ1n) is 6.57. The molecule has 0 spiro atoms. The van der Waals surface area contributed by atoms with Crippen LogP contribution in [0.2, 0.25) is 0 Å². The van der Waals surface area contributed by atoms with Crippen molar-refractivity contribution in [3.63, 3.8) is 0 Å². The number of amides is 1. The fourth-order valence-electron chi connectivity index (χ4n) is 1.73. The number of nitrogens with one attached hydrogen (secondary N) is 2. The Morgan fingerprint density at radius 2 is 2.26 bits per heavy atom. The molecule has 1 heterocycles. The van der Waals surface area contributed by atoms with Gasteiger partial charge in [0.25, 0.3) is 0 Å². The van der Waals surface area contributed by atoms with Crippen molar-refractivity contribution in [2.24, 2.45) is 0 Å². The number of thioether (sulfide) groups is 1. The number of para-hydroxylation sites is 2. The van der Waals surface area contributed by atoms with Gasteiger partial charge in [-0.2, -0.15) is 11.8 Å². The van der Waals surface area contributed by atoms with E-state index in [9.17, 15) is 4.79 Å². The standard InChI is InChI=1S/C14H19N3OS/c1-2-3-8-19-10-14(18)15-9-13-16-11-6-4-5-7-12(11)17-13/h4-7H,2-3,8-10H2,1H3,(H,15,18)(H,16,17). The molecule has 1 aromatic heterocycles. The summed E-state index contributed by atoms with van der Waals surface area (Å²) < 4.78 is 0. The second-order valence-corrected chi connectivity index (χ2v) is 5.49. The van der Waals surface area contributed by atoms with E-state index in [1.807, 2.05) is 24.3 Å². The number of fused-ring (bicyclic) bond motifs is 1. The molecule has 0 saturated carbocycles. The van der Waals surface area contributed by atoms with Gasteiger partial charge in [-0.15, -0.1) is 0 Å². The predicted octanol–water partition coefficient (Wildman–Crippen LogP) is 2.71. The lowest BCUT2D eigenvalue weighted by molar-refractivity contribution is -0.118. The van der Waals surface area contributed by atoms with Crippen LogP contribution in [-0.4, -0.2) is 27.4 Å². The molecule has 2 aromatic rings. The topological polar surface area (TPSA) is 57.8 Å². The summed E-state index contributed by atoms with van der Waals surface area (Å²) in [6, 6.07) is 7.86. The van der Waals surface area contributed by atoms with Crippen LogP contribution in [0.3, 0.4) is 0 Å². The average molecular weight is 277 g/mol. The first-order valence-corrected chi connectivity index (χ1v) is 7.73. The number of aromatic nitrogens is 2. The lowest BCUT2D eigenvalue weighted by Gasteiger charge is -2.02. The third-order valence-corrected chi connectivity index (χ3v) is 3.81. The van der Waals surface area contributed by atoms with Gasteiger partial charge in [0.05, 0.1) is 23.3 Å². The summed E-state index contributed by atoms with van der Waals surface area (Å²) in [7, 11) is 0. The van der Waals surface area contributed by atoms with E-state index in [0.717, 1.165) is 22.6 Å². The Morgan fingerprint density at radius 1 is 1.42 bits per heavy atom. The Morgan fingerprint density at radius 3 is 3.05 bits per heavy atom. The molecular formula is C14H19N3OS. The second kappa shape index (κ2) is 7.19. The number of aromatic amines is 1.